The van der Waals surface area contributed by atoms with Crippen LogP contribution in [0.1, 0.15) is 33.6 Å². The third-order valence-corrected chi connectivity index (χ3v) is 2.73. The number of methoxy groups -OCH3 is 1. The van der Waals surface area contributed by atoms with Crippen molar-refractivity contribution in [2.24, 2.45) is 10.9 Å². The van der Waals surface area contributed by atoms with Crippen molar-refractivity contribution < 1.29 is 9.94 Å². The molecule has 1 unspecified atom stereocenters. The van der Waals surface area contributed by atoms with Crippen LogP contribution in [0.3, 0.4) is 0 Å². The Morgan fingerprint density at radius 2 is 2.12 bits per heavy atom. The molecule has 0 fully saturated rings. The molecule has 0 aromatic carbocycles. The molecule has 0 bridgehead atoms. The zero-order valence-corrected chi connectivity index (χ0v) is 10.8. The SMILES string of the molecule is CCC(CC(N)=NO)N(CCOC)C(C)C. The largest absolute Gasteiger partial charge is 0.409 e. The van der Waals surface area contributed by atoms with Gasteiger partial charge >= 0.3 is 0 Å². The molecule has 0 spiro atoms. The van der Waals surface area contributed by atoms with Gasteiger partial charge in [0.2, 0.25) is 0 Å². The van der Waals surface area contributed by atoms with Crippen molar-refractivity contribution in [2.45, 2.75) is 45.7 Å². The lowest BCUT2D eigenvalue weighted by Crippen LogP contribution is -2.44. The fraction of sp³-hybridized carbons (Fsp3) is 0.909. The van der Waals surface area contributed by atoms with E-state index < -0.39 is 0 Å². The molecule has 0 rings (SSSR count). The average Bonchev–Trinajstić information content (AvgIpc) is 2.27. The second kappa shape index (κ2) is 8.35. The summed E-state index contributed by atoms with van der Waals surface area (Å²) in [4.78, 5) is 2.32. The first-order chi connectivity index (χ1) is 7.56. The van der Waals surface area contributed by atoms with Crippen LogP contribution in [-0.2, 0) is 4.74 Å². The monoisotopic (exact) mass is 231 g/mol. The van der Waals surface area contributed by atoms with Crippen LogP contribution in [0, 0.1) is 0 Å². The minimum absolute atomic E-state index is 0.287. The highest BCUT2D eigenvalue weighted by molar-refractivity contribution is 5.80. The number of nitrogens with zero attached hydrogens (tertiary/aromatic N) is 2. The van der Waals surface area contributed by atoms with Gasteiger partial charge in [0.1, 0.15) is 5.84 Å². The Bertz CT molecular complexity index is 207. The average molecular weight is 231 g/mol. The summed E-state index contributed by atoms with van der Waals surface area (Å²) in [5, 5.41) is 11.6. The minimum Gasteiger partial charge on any atom is -0.409 e. The van der Waals surface area contributed by atoms with Gasteiger partial charge in [-0.2, -0.15) is 0 Å². The first kappa shape index (κ1) is 15.2. The fourth-order valence-corrected chi connectivity index (χ4v) is 1.84. The minimum atomic E-state index is 0.287. The molecule has 0 aliphatic carbocycles. The summed E-state index contributed by atoms with van der Waals surface area (Å²) in [5.41, 5.74) is 5.56. The molecule has 0 heterocycles. The second-order valence-corrected chi connectivity index (χ2v) is 4.18. The summed E-state index contributed by atoms with van der Waals surface area (Å²) in [6.45, 7) is 7.96. The number of ether oxygens (including phenoxy) is 1. The van der Waals surface area contributed by atoms with Crippen molar-refractivity contribution in [1.82, 2.24) is 4.90 Å². The van der Waals surface area contributed by atoms with Crippen molar-refractivity contribution in [2.75, 3.05) is 20.3 Å². The zero-order chi connectivity index (χ0) is 12.6. The summed E-state index contributed by atoms with van der Waals surface area (Å²) in [7, 11) is 1.70. The Balaban J connectivity index is 4.45. The van der Waals surface area contributed by atoms with Crippen molar-refractivity contribution in [3.63, 3.8) is 0 Å². The molecule has 1 atom stereocenters. The lowest BCUT2D eigenvalue weighted by molar-refractivity contribution is 0.0955. The van der Waals surface area contributed by atoms with E-state index in [1.54, 1.807) is 7.11 Å². The first-order valence-corrected chi connectivity index (χ1v) is 5.77. The van der Waals surface area contributed by atoms with Crippen LogP contribution in [-0.4, -0.2) is 48.3 Å². The molecule has 0 aromatic rings. The summed E-state index contributed by atoms with van der Waals surface area (Å²) in [5.74, 6) is 0.287. The van der Waals surface area contributed by atoms with E-state index in [0.29, 0.717) is 25.1 Å². The molecule has 5 nitrogen and oxygen atoms in total. The van der Waals surface area contributed by atoms with E-state index in [0.717, 1.165) is 13.0 Å². The van der Waals surface area contributed by atoms with Crippen LogP contribution in [0.4, 0.5) is 0 Å². The van der Waals surface area contributed by atoms with Gasteiger partial charge in [-0.1, -0.05) is 12.1 Å². The highest BCUT2D eigenvalue weighted by Crippen LogP contribution is 2.12. The van der Waals surface area contributed by atoms with Gasteiger partial charge in [0, 0.05) is 32.2 Å². The number of rotatable bonds is 8. The molecule has 16 heavy (non-hydrogen) atoms. The summed E-state index contributed by atoms with van der Waals surface area (Å²) in [6, 6.07) is 0.720. The Labute approximate surface area is 98.2 Å². The molecule has 0 aliphatic rings. The predicted molar refractivity (Wildman–Crippen MR) is 65.8 cm³/mol. The molecule has 3 N–H and O–H groups in total. The molecular formula is C11H25N3O2. The predicted octanol–water partition coefficient (Wildman–Crippen LogP) is 1.26. The van der Waals surface area contributed by atoms with E-state index in [2.05, 4.69) is 30.8 Å². The van der Waals surface area contributed by atoms with Crippen molar-refractivity contribution in [1.29, 1.82) is 0 Å². The van der Waals surface area contributed by atoms with Gasteiger partial charge in [-0.05, 0) is 20.3 Å². The number of hydrogen-bond acceptors (Lipinski definition) is 4. The van der Waals surface area contributed by atoms with Crippen LogP contribution in [0.2, 0.25) is 0 Å². The second-order valence-electron chi connectivity index (χ2n) is 4.18. The quantitative estimate of drug-likeness (QED) is 0.285. The lowest BCUT2D eigenvalue weighted by Gasteiger charge is -2.34. The normalized spacial score (nSPS) is 14.8. The van der Waals surface area contributed by atoms with E-state index >= 15 is 0 Å². The third kappa shape index (κ3) is 5.32. The van der Waals surface area contributed by atoms with Gasteiger partial charge in [0.05, 0.1) is 6.61 Å². The zero-order valence-electron chi connectivity index (χ0n) is 10.8. The Morgan fingerprint density at radius 1 is 1.50 bits per heavy atom. The topological polar surface area (TPSA) is 71.1 Å². The van der Waals surface area contributed by atoms with Gasteiger partial charge in [0.15, 0.2) is 0 Å². The maximum absolute atomic E-state index is 8.60. The molecule has 0 aromatic heterocycles. The molecule has 0 saturated carbocycles. The molecule has 0 saturated heterocycles. The van der Waals surface area contributed by atoms with Crippen LogP contribution in [0.15, 0.2) is 5.16 Å². The highest BCUT2D eigenvalue weighted by Gasteiger charge is 2.20. The maximum atomic E-state index is 8.60. The molecule has 96 valence electrons. The van der Waals surface area contributed by atoms with Crippen molar-refractivity contribution in [3.05, 3.63) is 0 Å². The highest BCUT2D eigenvalue weighted by atomic mass is 16.5. The van der Waals surface area contributed by atoms with E-state index in [1.807, 2.05) is 0 Å². The summed E-state index contributed by atoms with van der Waals surface area (Å²) < 4.78 is 5.10. The molecule has 5 heteroatoms. The Kier molecular flexibility index (Phi) is 7.93. The van der Waals surface area contributed by atoms with E-state index in [9.17, 15) is 0 Å². The molecule has 0 amide bonds. The number of hydrogen-bond donors (Lipinski definition) is 2. The number of oxime groups is 1. The van der Waals surface area contributed by atoms with Crippen molar-refractivity contribution >= 4 is 5.84 Å². The van der Waals surface area contributed by atoms with Crippen LogP contribution in [0.25, 0.3) is 0 Å². The van der Waals surface area contributed by atoms with Gasteiger partial charge in [-0.25, -0.2) is 0 Å². The molecule has 0 aliphatic heterocycles. The van der Waals surface area contributed by atoms with Crippen molar-refractivity contribution in [3.8, 4) is 0 Å². The number of amidine groups is 1. The third-order valence-electron chi connectivity index (χ3n) is 2.73. The summed E-state index contributed by atoms with van der Waals surface area (Å²) >= 11 is 0. The summed E-state index contributed by atoms with van der Waals surface area (Å²) in [6.07, 6.45) is 1.56. The smallest absolute Gasteiger partial charge is 0.140 e. The Hall–Kier alpha value is -0.810. The molecule has 0 radical (unpaired) electrons. The first-order valence-electron chi connectivity index (χ1n) is 5.77. The van der Waals surface area contributed by atoms with Crippen LogP contribution >= 0.6 is 0 Å². The number of nitrogens with two attached hydrogens (primary N) is 1. The van der Waals surface area contributed by atoms with Crippen LogP contribution < -0.4 is 5.73 Å². The van der Waals surface area contributed by atoms with Gasteiger partial charge < -0.3 is 15.7 Å². The van der Waals surface area contributed by atoms with E-state index in [1.165, 1.54) is 0 Å². The maximum Gasteiger partial charge on any atom is 0.140 e. The lowest BCUT2D eigenvalue weighted by atomic mass is 10.1. The van der Waals surface area contributed by atoms with Gasteiger partial charge in [0.25, 0.3) is 0 Å². The Morgan fingerprint density at radius 3 is 2.50 bits per heavy atom. The van der Waals surface area contributed by atoms with Crippen LogP contribution in [0.5, 0.6) is 0 Å². The molecular weight excluding hydrogens is 206 g/mol. The van der Waals surface area contributed by atoms with E-state index in [-0.39, 0.29) is 5.84 Å². The van der Waals surface area contributed by atoms with Gasteiger partial charge in [-0.15, -0.1) is 0 Å². The standard InChI is InChI=1S/C11H25N3O2/c1-5-10(8-11(12)13-15)14(9(2)3)6-7-16-4/h9-10,15H,5-8H2,1-4H3,(H2,12,13). The van der Waals surface area contributed by atoms with Gasteiger partial charge in [-0.3, -0.25) is 4.90 Å². The van der Waals surface area contributed by atoms with E-state index in [4.69, 9.17) is 15.7 Å². The fourth-order valence-electron chi connectivity index (χ4n) is 1.84.